The van der Waals surface area contributed by atoms with Crippen LogP contribution in [0.1, 0.15) is 22.3 Å². The molecule has 2 rings (SSSR count). The van der Waals surface area contributed by atoms with E-state index in [-0.39, 0.29) is 13.2 Å². The van der Waals surface area contributed by atoms with Gasteiger partial charge < -0.3 is 9.47 Å². The first-order chi connectivity index (χ1) is 11.7. The summed E-state index contributed by atoms with van der Waals surface area (Å²) in [6, 6.07) is 9.35. The third-order valence-corrected chi connectivity index (χ3v) is 5.61. The summed E-state index contributed by atoms with van der Waals surface area (Å²) in [4.78, 5) is 0.339. The molecule has 0 aromatic heterocycles. The molecule has 0 aliphatic heterocycles. The lowest BCUT2D eigenvalue weighted by Crippen LogP contribution is -2.29. The van der Waals surface area contributed by atoms with Crippen molar-refractivity contribution in [1.29, 1.82) is 0 Å². The molecule has 136 valence electrons. The fraction of sp³-hybridized carbons (Fsp3) is 0.368. The Morgan fingerprint density at radius 2 is 1.56 bits per heavy atom. The van der Waals surface area contributed by atoms with Crippen LogP contribution in [0.2, 0.25) is 0 Å². The van der Waals surface area contributed by atoms with Crippen molar-refractivity contribution in [2.45, 2.75) is 32.6 Å². The van der Waals surface area contributed by atoms with Crippen molar-refractivity contribution < 1.29 is 17.9 Å². The summed E-state index contributed by atoms with van der Waals surface area (Å²) in [5, 5.41) is 0. The van der Waals surface area contributed by atoms with Gasteiger partial charge in [-0.2, -0.15) is 0 Å². The minimum Gasteiger partial charge on any atom is -0.493 e. The van der Waals surface area contributed by atoms with Gasteiger partial charge >= 0.3 is 0 Å². The minimum atomic E-state index is -3.58. The second-order valence-corrected chi connectivity index (χ2v) is 7.83. The van der Waals surface area contributed by atoms with Gasteiger partial charge in [-0.3, -0.25) is 0 Å². The molecular weight excluding hydrogens is 338 g/mol. The summed E-state index contributed by atoms with van der Waals surface area (Å²) in [5.41, 5.74) is 3.59. The molecule has 0 saturated heterocycles. The van der Waals surface area contributed by atoms with Crippen molar-refractivity contribution in [2.75, 3.05) is 20.3 Å². The second-order valence-electron chi connectivity index (χ2n) is 6.13. The highest BCUT2D eigenvalue weighted by Crippen LogP contribution is 2.27. The molecule has 0 unspecified atom stereocenters. The van der Waals surface area contributed by atoms with E-state index in [1.807, 2.05) is 58.0 Å². The van der Waals surface area contributed by atoms with E-state index in [1.165, 1.54) is 0 Å². The maximum Gasteiger partial charge on any atom is 0.241 e. The van der Waals surface area contributed by atoms with Gasteiger partial charge in [0, 0.05) is 6.54 Å². The lowest BCUT2D eigenvalue weighted by atomic mass is 10.1. The Morgan fingerprint density at radius 1 is 0.920 bits per heavy atom. The zero-order chi connectivity index (χ0) is 18.6. The molecule has 0 aliphatic carbocycles. The monoisotopic (exact) mass is 363 g/mol. The molecule has 0 atom stereocenters. The Kier molecular flexibility index (Phi) is 6.08. The molecular formula is C19H25NO4S. The number of rotatable bonds is 7. The van der Waals surface area contributed by atoms with Gasteiger partial charge in [-0.05, 0) is 56.5 Å². The third kappa shape index (κ3) is 4.74. The van der Waals surface area contributed by atoms with Crippen LogP contribution in [0.15, 0.2) is 35.2 Å². The molecule has 0 spiro atoms. The second kappa shape index (κ2) is 7.89. The predicted molar refractivity (Wildman–Crippen MR) is 99.1 cm³/mol. The molecule has 0 heterocycles. The van der Waals surface area contributed by atoms with Gasteiger partial charge in [-0.1, -0.05) is 23.8 Å². The van der Waals surface area contributed by atoms with Crippen LogP contribution in [0.25, 0.3) is 0 Å². The van der Waals surface area contributed by atoms with E-state index in [9.17, 15) is 8.42 Å². The van der Waals surface area contributed by atoms with Gasteiger partial charge in [0.2, 0.25) is 10.0 Å². The molecule has 5 nitrogen and oxygen atoms in total. The zero-order valence-corrected chi connectivity index (χ0v) is 16.2. The van der Waals surface area contributed by atoms with Crippen molar-refractivity contribution in [3.8, 4) is 11.5 Å². The summed E-state index contributed by atoms with van der Waals surface area (Å²) >= 11 is 0. The van der Waals surface area contributed by atoms with E-state index < -0.39 is 10.0 Å². The summed E-state index contributed by atoms with van der Waals surface area (Å²) in [5.74, 6) is 1.23. The zero-order valence-electron chi connectivity index (χ0n) is 15.3. The molecule has 2 aromatic rings. The van der Waals surface area contributed by atoms with Crippen molar-refractivity contribution in [3.05, 3.63) is 52.6 Å². The van der Waals surface area contributed by atoms with E-state index in [1.54, 1.807) is 7.11 Å². The van der Waals surface area contributed by atoms with Crippen LogP contribution >= 0.6 is 0 Å². The largest absolute Gasteiger partial charge is 0.493 e. The van der Waals surface area contributed by atoms with Crippen molar-refractivity contribution >= 4 is 10.0 Å². The molecule has 1 N–H and O–H groups in total. The fourth-order valence-corrected chi connectivity index (χ4v) is 4.36. The lowest BCUT2D eigenvalue weighted by molar-refractivity contribution is 0.298. The fourth-order valence-electron chi connectivity index (χ4n) is 2.89. The van der Waals surface area contributed by atoms with Gasteiger partial charge in [-0.15, -0.1) is 0 Å². The minimum absolute atomic E-state index is 0.173. The van der Waals surface area contributed by atoms with Crippen LogP contribution in [0.3, 0.4) is 0 Å². The van der Waals surface area contributed by atoms with Crippen LogP contribution < -0.4 is 14.2 Å². The molecule has 25 heavy (non-hydrogen) atoms. The Labute approximate surface area is 150 Å². The van der Waals surface area contributed by atoms with Gasteiger partial charge in [0.15, 0.2) is 11.5 Å². The average Bonchev–Trinajstić information content (AvgIpc) is 2.51. The van der Waals surface area contributed by atoms with Gasteiger partial charge in [0.25, 0.3) is 0 Å². The molecule has 0 aliphatic rings. The Balaban J connectivity index is 2.02. The quantitative estimate of drug-likeness (QED) is 0.767. The highest BCUT2D eigenvalue weighted by atomic mass is 32.2. The maximum absolute atomic E-state index is 12.6. The average molecular weight is 363 g/mol. The summed E-state index contributed by atoms with van der Waals surface area (Å²) in [7, 11) is -2.00. The summed E-state index contributed by atoms with van der Waals surface area (Å²) in [6.07, 6.45) is 0. The number of nitrogens with one attached hydrogen (secondary N) is 1. The maximum atomic E-state index is 12.6. The first kappa shape index (κ1) is 19.3. The van der Waals surface area contributed by atoms with Crippen LogP contribution in [-0.2, 0) is 10.0 Å². The number of hydrogen-bond donors (Lipinski definition) is 1. The SMILES string of the molecule is COc1cc(C)ccc1OCCNS(=O)(=O)c1c(C)cc(C)cc1C. The molecule has 6 heteroatoms. The lowest BCUT2D eigenvalue weighted by Gasteiger charge is -2.14. The first-order valence-electron chi connectivity index (χ1n) is 8.09. The number of aryl methyl sites for hydroxylation is 4. The predicted octanol–water partition coefficient (Wildman–Crippen LogP) is 3.29. The van der Waals surface area contributed by atoms with E-state index in [2.05, 4.69) is 4.72 Å². The highest BCUT2D eigenvalue weighted by Gasteiger charge is 2.19. The third-order valence-electron chi connectivity index (χ3n) is 3.84. The molecule has 0 radical (unpaired) electrons. The van der Waals surface area contributed by atoms with E-state index in [0.717, 1.165) is 22.3 Å². The number of methoxy groups -OCH3 is 1. The van der Waals surface area contributed by atoms with Gasteiger partial charge in [0.05, 0.1) is 12.0 Å². The number of ether oxygens (including phenoxy) is 2. The molecule has 0 amide bonds. The number of benzene rings is 2. The Hall–Kier alpha value is -2.05. The van der Waals surface area contributed by atoms with E-state index in [4.69, 9.17) is 9.47 Å². The Morgan fingerprint density at radius 3 is 2.16 bits per heavy atom. The van der Waals surface area contributed by atoms with E-state index >= 15 is 0 Å². The number of sulfonamides is 1. The summed E-state index contributed by atoms with van der Waals surface area (Å²) < 4.78 is 38.7. The van der Waals surface area contributed by atoms with Gasteiger partial charge in [-0.25, -0.2) is 13.1 Å². The molecule has 0 fully saturated rings. The van der Waals surface area contributed by atoms with Gasteiger partial charge in [0.1, 0.15) is 6.61 Å². The topological polar surface area (TPSA) is 64.6 Å². The van der Waals surface area contributed by atoms with Crippen molar-refractivity contribution in [3.63, 3.8) is 0 Å². The molecule has 0 bridgehead atoms. The summed E-state index contributed by atoms with van der Waals surface area (Å²) in [6.45, 7) is 7.92. The van der Waals surface area contributed by atoms with Crippen molar-refractivity contribution in [2.24, 2.45) is 0 Å². The highest BCUT2D eigenvalue weighted by molar-refractivity contribution is 7.89. The molecule has 0 saturated carbocycles. The normalized spacial score (nSPS) is 11.4. The number of hydrogen-bond acceptors (Lipinski definition) is 4. The van der Waals surface area contributed by atoms with Crippen LogP contribution in [0.4, 0.5) is 0 Å². The standard InChI is InChI=1S/C19H25NO4S/c1-13-6-7-17(18(12-13)23-5)24-9-8-20-25(21,22)19-15(3)10-14(2)11-16(19)4/h6-7,10-12,20H,8-9H2,1-5H3. The smallest absolute Gasteiger partial charge is 0.241 e. The van der Waals surface area contributed by atoms with Crippen LogP contribution in [0, 0.1) is 27.7 Å². The first-order valence-corrected chi connectivity index (χ1v) is 9.58. The van der Waals surface area contributed by atoms with Crippen molar-refractivity contribution in [1.82, 2.24) is 4.72 Å². The van der Waals surface area contributed by atoms with E-state index in [0.29, 0.717) is 16.4 Å². The Bertz CT molecular complexity index is 837. The molecule has 2 aromatic carbocycles. The van der Waals surface area contributed by atoms with Crippen LogP contribution in [0.5, 0.6) is 11.5 Å². The van der Waals surface area contributed by atoms with Crippen LogP contribution in [-0.4, -0.2) is 28.7 Å².